The molecule has 0 aliphatic carbocycles. The number of amides is 1. The third-order valence-electron chi connectivity index (χ3n) is 3.52. The molecule has 1 aromatic carbocycles. The first-order valence-corrected chi connectivity index (χ1v) is 6.92. The van der Waals surface area contributed by atoms with Gasteiger partial charge in [-0.1, -0.05) is 30.3 Å². The molecule has 1 atom stereocenters. The topological polar surface area (TPSA) is 59.0 Å². The predicted octanol–water partition coefficient (Wildman–Crippen LogP) is 1.62. The zero-order valence-electron chi connectivity index (χ0n) is 11.2. The average molecular weight is 270 g/mol. The van der Waals surface area contributed by atoms with Crippen molar-refractivity contribution in [2.45, 2.75) is 25.4 Å². The molecular formula is C15H18N4O. The van der Waals surface area contributed by atoms with Crippen molar-refractivity contribution in [3.8, 4) is 0 Å². The third kappa shape index (κ3) is 2.88. The van der Waals surface area contributed by atoms with Crippen molar-refractivity contribution in [2.24, 2.45) is 0 Å². The van der Waals surface area contributed by atoms with Crippen molar-refractivity contribution < 1.29 is 4.79 Å². The largest absolute Gasteiger partial charge is 0.313 e. The number of hydrogen-bond donors (Lipinski definition) is 2. The molecule has 1 aromatic heterocycles. The molecule has 1 unspecified atom stereocenters. The summed E-state index contributed by atoms with van der Waals surface area (Å²) in [5, 5.41) is 6.09. The van der Waals surface area contributed by atoms with E-state index in [2.05, 4.69) is 27.8 Å². The summed E-state index contributed by atoms with van der Waals surface area (Å²) >= 11 is 0. The van der Waals surface area contributed by atoms with E-state index in [1.54, 1.807) is 6.20 Å². The molecule has 1 saturated heterocycles. The normalized spacial score (nSPS) is 18.1. The summed E-state index contributed by atoms with van der Waals surface area (Å²) in [6, 6.07) is 10.0. The van der Waals surface area contributed by atoms with Gasteiger partial charge < -0.3 is 9.88 Å². The van der Waals surface area contributed by atoms with Crippen LogP contribution in [0.25, 0.3) is 0 Å². The minimum atomic E-state index is -0.0862. The van der Waals surface area contributed by atoms with Crippen molar-refractivity contribution >= 4 is 11.9 Å². The minimum absolute atomic E-state index is 0.00279. The highest BCUT2D eigenvalue weighted by Gasteiger charge is 2.22. The van der Waals surface area contributed by atoms with E-state index in [1.165, 1.54) is 5.56 Å². The van der Waals surface area contributed by atoms with Gasteiger partial charge in [0, 0.05) is 12.4 Å². The lowest BCUT2D eigenvalue weighted by Crippen LogP contribution is -2.36. The van der Waals surface area contributed by atoms with Crippen LogP contribution in [0.4, 0.5) is 5.95 Å². The van der Waals surface area contributed by atoms with E-state index >= 15 is 0 Å². The molecule has 0 radical (unpaired) electrons. The van der Waals surface area contributed by atoms with Crippen LogP contribution in [-0.4, -0.2) is 28.0 Å². The van der Waals surface area contributed by atoms with Crippen LogP contribution in [0, 0.1) is 0 Å². The van der Waals surface area contributed by atoms with Crippen LogP contribution in [0.3, 0.4) is 0 Å². The number of nitrogens with zero attached hydrogens (tertiary/aromatic N) is 2. The maximum atomic E-state index is 12.1. The first-order valence-electron chi connectivity index (χ1n) is 6.92. The molecule has 1 fully saturated rings. The van der Waals surface area contributed by atoms with E-state index in [0.29, 0.717) is 12.5 Å². The Kier molecular flexibility index (Phi) is 3.78. The second-order valence-electron chi connectivity index (χ2n) is 5.00. The molecule has 3 rings (SSSR count). The van der Waals surface area contributed by atoms with Crippen LogP contribution >= 0.6 is 0 Å². The van der Waals surface area contributed by atoms with Crippen molar-refractivity contribution in [1.29, 1.82) is 0 Å². The molecule has 0 bridgehead atoms. The number of rotatable bonds is 4. The lowest BCUT2D eigenvalue weighted by atomic mass is 10.2. The second kappa shape index (κ2) is 5.88. The predicted molar refractivity (Wildman–Crippen MR) is 77.4 cm³/mol. The van der Waals surface area contributed by atoms with Crippen molar-refractivity contribution in [2.75, 3.05) is 11.9 Å². The number of imidazole rings is 1. The molecule has 2 aromatic rings. The second-order valence-corrected chi connectivity index (χ2v) is 5.00. The maximum absolute atomic E-state index is 12.1. The number of nitrogens with one attached hydrogen (secondary N) is 2. The molecule has 20 heavy (non-hydrogen) atoms. The monoisotopic (exact) mass is 270 g/mol. The van der Waals surface area contributed by atoms with Gasteiger partial charge in [-0.25, -0.2) is 4.98 Å². The molecule has 1 aliphatic heterocycles. The van der Waals surface area contributed by atoms with Crippen LogP contribution in [0.5, 0.6) is 0 Å². The number of carbonyl (C=O) groups is 1. The zero-order valence-corrected chi connectivity index (χ0v) is 11.2. The summed E-state index contributed by atoms with van der Waals surface area (Å²) < 4.78 is 1.95. The quantitative estimate of drug-likeness (QED) is 0.887. The van der Waals surface area contributed by atoms with Gasteiger partial charge in [0.15, 0.2) is 0 Å². The third-order valence-corrected chi connectivity index (χ3v) is 3.52. The lowest BCUT2D eigenvalue weighted by Gasteiger charge is -2.12. The minimum Gasteiger partial charge on any atom is -0.313 e. The van der Waals surface area contributed by atoms with Crippen LogP contribution < -0.4 is 10.6 Å². The number of aromatic nitrogens is 2. The zero-order chi connectivity index (χ0) is 13.8. The smallest absolute Gasteiger partial charge is 0.243 e. The van der Waals surface area contributed by atoms with Gasteiger partial charge in [-0.05, 0) is 24.9 Å². The van der Waals surface area contributed by atoms with Gasteiger partial charge in [0.1, 0.15) is 0 Å². The lowest BCUT2D eigenvalue weighted by molar-refractivity contribution is -0.117. The van der Waals surface area contributed by atoms with Crippen LogP contribution in [-0.2, 0) is 11.3 Å². The summed E-state index contributed by atoms with van der Waals surface area (Å²) in [5.41, 5.74) is 1.18. The number of anilines is 1. The van der Waals surface area contributed by atoms with Crippen LogP contribution in [0.15, 0.2) is 42.7 Å². The van der Waals surface area contributed by atoms with E-state index in [0.717, 1.165) is 19.4 Å². The van der Waals surface area contributed by atoms with E-state index < -0.39 is 0 Å². The summed E-state index contributed by atoms with van der Waals surface area (Å²) in [6.07, 6.45) is 5.53. The number of carbonyl (C=O) groups excluding carboxylic acids is 1. The molecule has 5 heteroatoms. The molecule has 5 nitrogen and oxygen atoms in total. The molecule has 104 valence electrons. The fourth-order valence-electron chi connectivity index (χ4n) is 2.45. The fraction of sp³-hybridized carbons (Fsp3) is 0.333. The highest BCUT2D eigenvalue weighted by Crippen LogP contribution is 2.12. The Balaban J connectivity index is 1.68. The number of hydrogen-bond acceptors (Lipinski definition) is 3. The SMILES string of the molecule is O=C(Nc1nccn1Cc1ccccc1)C1CCCN1. The number of benzene rings is 1. The summed E-state index contributed by atoms with van der Waals surface area (Å²) in [5.74, 6) is 0.607. The Hall–Kier alpha value is -2.14. The molecule has 1 amide bonds. The molecule has 2 heterocycles. The van der Waals surface area contributed by atoms with E-state index in [4.69, 9.17) is 0 Å². The Bertz CT molecular complexity index is 573. The molecule has 2 N–H and O–H groups in total. The highest BCUT2D eigenvalue weighted by atomic mass is 16.2. The Morgan fingerprint density at radius 1 is 1.40 bits per heavy atom. The van der Waals surface area contributed by atoms with Crippen molar-refractivity contribution in [1.82, 2.24) is 14.9 Å². The van der Waals surface area contributed by atoms with Gasteiger partial charge in [0.25, 0.3) is 0 Å². The maximum Gasteiger partial charge on any atom is 0.243 e. The Morgan fingerprint density at radius 3 is 3.00 bits per heavy atom. The molecular weight excluding hydrogens is 252 g/mol. The first-order chi connectivity index (χ1) is 9.83. The van der Waals surface area contributed by atoms with E-state index in [-0.39, 0.29) is 11.9 Å². The van der Waals surface area contributed by atoms with Gasteiger partial charge >= 0.3 is 0 Å². The van der Waals surface area contributed by atoms with Gasteiger partial charge in [-0.2, -0.15) is 0 Å². The van der Waals surface area contributed by atoms with Crippen molar-refractivity contribution in [3.63, 3.8) is 0 Å². The fourth-order valence-corrected chi connectivity index (χ4v) is 2.45. The van der Waals surface area contributed by atoms with E-state index in [9.17, 15) is 4.79 Å². The van der Waals surface area contributed by atoms with Gasteiger partial charge in [-0.3, -0.25) is 10.1 Å². The van der Waals surface area contributed by atoms with Gasteiger partial charge in [0.2, 0.25) is 11.9 Å². The van der Waals surface area contributed by atoms with Crippen LogP contribution in [0.2, 0.25) is 0 Å². The van der Waals surface area contributed by atoms with Crippen LogP contribution in [0.1, 0.15) is 18.4 Å². The summed E-state index contributed by atoms with van der Waals surface area (Å²) in [6.45, 7) is 1.62. The van der Waals surface area contributed by atoms with Gasteiger partial charge in [-0.15, -0.1) is 0 Å². The Labute approximate surface area is 118 Å². The van der Waals surface area contributed by atoms with Gasteiger partial charge in [0.05, 0.1) is 12.6 Å². The molecule has 1 aliphatic rings. The molecule has 0 spiro atoms. The van der Waals surface area contributed by atoms with E-state index in [1.807, 2.05) is 29.0 Å². The van der Waals surface area contributed by atoms with Crippen molar-refractivity contribution in [3.05, 3.63) is 48.3 Å². The highest BCUT2D eigenvalue weighted by molar-refractivity contribution is 5.93. The summed E-state index contributed by atoms with van der Waals surface area (Å²) in [4.78, 5) is 16.3. The first kappa shape index (κ1) is 12.9. The Morgan fingerprint density at radius 2 is 2.25 bits per heavy atom. The summed E-state index contributed by atoms with van der Waals surface area (Å²) in [7, 11) is 0. The molecule has 0 saturated carbocycles. The standard InChI is InChI=1S/C15H18N4O/c20-14(13-7-4-8-16-13)18-15-17-9-10-19(15)11-12-5-2-1-3-6-12/h1-3,5-6,9-10,13,16H,4,7-8,11H2,(H,17,18,20). The average Bonchev–Trinajstić information content (AvgIpc) is 3.12.